The van der Waals surface area contributed by atoms with Gasteiger partial charge in [0.2, 0.25) is 0 Å². The Kier molecular flexibility index (Phi) is 6.21. The fourth-order valence-corrected chi connectivity index (χ4v) is 7.39. The van der Waals surface area contributed by atoms with Crippen LogP contribution in [0.1, 0.15) is 0 Å². The summed E-state index contributed by atoms with van der Waals surface area (Å²) in [7, 11) is 0. The van der Waals surface area contributed by atoms with E-state index in [2.05, 4.69) is 170 Å². The van der Waals surface area contributed by atoms with Crippen molar-refractivity contribution in [3.63, 3.8) is 0 Å². The van der Waals surface area contributed by atoms with Crippen molar-refractivity contribution in [1.82, 2.24) is 4.98 Å². The summed E-state index contributed by atoms with van der Waals surface area (Å²) in [5.74, 6) is 0. The van der Waals surface area contributed by atoms with E-state index in [1.165, 1.54) is 76.8 Å². The lowest BCUT2D eigenvalue weighted by Gasteiger charge is -2.19. The highest BCUT2D eigenvalue weighted by Gasteiger charge is 2.20. The maximum Gasteiger partial charge on any atom is 0.0792 e. The molecule has 1 nitrogen and oxygen atoms in total. The molecule has 1 aromatic heterocycles. The number of hydrogen-bond donors (Lipinski definition) is 0. The quantitative estimate of drug-likeness (QED) is 0.188. The molecule has 0 radical (unpaired) electrons. The van der Waals surface area contributed by atoms with Crippen molar-refractivity contribution in [1.29, 1.82) is 0 Å². The van der Waals surface area contributed by atoms with E-state index < -0.39 is 0 Å². The van der Waals surface area contributed by atoms with Crippen LogP contribution in [0.2, 0.25) is 0 Å². The van der Waals surface area contributed by atoms with Gasteiger partial charge in [-0.15, -0.1) is 0 Å². The van der Waals surface area contributed by atoms with E-state index in [4.69, 9.17) is 4.98 Å². The van der Waals surface area contributed by atoms with Gasteiger partial charge in [0.05, 0.1) is 5.52 Å². The SMILES string of the molecule is c1ccc(-c2c3ccccc3c(-c3cccc(-c4c5ccccc5c(-c5ccccc5)c5ncccc45)c3)c3ccccc23)cc1. The highest BCUT2D eigenvalue weighted by molar-refractivity contribution is 6.23. The van der Waals surface area contributed by atoms with Gasteiger partial charge in [-0.3, -0.25) is 4.98 Å². The van der Waals surface area contributed by atoms with Crippen molar-refractivity contribution in [2.45, 2.75) is 0 Å². The maximum absolute atomic E-state index is 4.99. The summed E-state index contributed by atoms with van der Waals surface area (Å²) in [6.45, 7) is 0. The van der Waals surface area contributed by atoms with Crippen LogP contribution in [0.15, 0.2) is 176 Å². The Hall–Kier alpha value is -6.05. The van der Waals surface area contributed by atoms with Crippen molar-refractivity contribution in [2.24, 2.45) is 0 Å². The molecule has 9 aromatic rings. The number of fused-ring (bicyclic) bond motifs is 4. The Balaban J connectivity index is 1.35. The first kappa shape index (κ1) is 26.4. The molecule has 0 amide bonds. The maximum atomic E-state index is 4.99. The minimum Gasteiger partial charge on any atom is -0.256 e. The molecule has 0 aliphatic heterocycles. The number of benzene rings is 8. The largest absolute Gasteiger partial charge is 0.256 e. The lowest BCUT2D eigenvalue weighted by molar-refractivity contribution is 1.42. The van der Waals surface area contributed by atoms with Crippen LogP contribution in [-0.4, -0.2) is 4.98 Å². The van der Waals surface area contributed by atoms with Gasteiger partial charge in [-0.2, -0.15) is 0 Å². The summed E-state index contributed by atoms with van der Waals surface area (Å²) in [5.41, 5.74) is 10.8. The van der Waals surface area contributed by atoms with Gasteiger partial charge in [-0.05, 0) is 83.4 Å². The zero-order chi connectivity index (χ0) is 30.5. The number of rotatable bonds is 4. The molecule has 0 saturated heterocycles. The first-order valence-electron chi connectivity index (χ1n) is 15.8. The van der Waals surface area contributed by atoms with Gasteiger partial charge in [0.25, 0.3) is 0 Å². The van der Waals surface area contributed by atoms with Crippen LogP contribution in [-0.2, 0) is 0 Å². The highest BCUT2D eigenvalue weighted by Crippen LogP contribution is 2.46. The minimum atomic E-state index is 1.02. The molecule has 214 valence electrons. The molecule has 1 heterocycles. The second kappa shape index (κ2) is 10.8. The van der Waals surface area contributed by atoms with Crippen LogP contribution in [0.5, 0.6) is 0 Å². The van der Waals surface area contributed by atoms with Gasteiger partial charge in [-0.1, -0.05) is 158 Å². The van der Waals surface area contributed by atoms with Crippen molar-refractivity contribution >= 4 is 43.2 Å². The van der Waals surface area contributed by atoms with Gasteiger partial charge in [0.15, 0.2) is 0 Å². The van der Waals surface area contributed by atoms with E-state index >= 15 is 0 Å². The Bertz CT molecular complexity index is 2270. The molecular formula is C45H29N. The predicted molar refractivity (Wildman–Crippen MR) is 196 cm³/mol. The molecule has 0 spiro atoms. The van der Waals surface area contributed by atoms with E-state index in [-0.39, 0.29) is 0 Å². The fraction of sp³-hybridized carbons (Fsp3) is 0. The van der Waals surface area contributed by atoms with Crippen LogP contribution in [0.3, 0.4) is 0 Å². The number of nitrogens with zero attached hydrogens (tertiary/aromatic N) is 1. The first-order valence-corrected chi connectivity index (χ1v) is 15.8. The van der Waals surface area contributed by atoms with Gasteiger partial charge >= 0.3 is 0 Å². The second-order valence-electron chi connectivity index (χ2n) is 11.8. The van der Waals surface area contributed by atoms with E-state index in [9.17, 15) is 0 Å². The monoisotopic (exact) mass is 583 g/mol. The van der Waals surface area contributed by atoms with E-state index in [0.29, 0.717) is 0 Å². The Morgan fingerprint density at radius 3 is 1.11 bits per heavy atom. The summed E-state index contributed by atoms with van der Waals surface area (Å²) in [4.78, 5) is 4.99. The van der Waals surface area contributed by atoms with Crippen molar-refractivity contribution in [3.05, 3.63) is 176 Å². The Morgan fingerprint density at radius 1 is 0.261 bits per heavy atom. The van der Waals surface area contributed by atoms with Crippen LogP contribution in [0.4, 0.5) is 0 Å². The lowest BCUT2D eigenvalue weighted by atomic mass is 9.84. The van der Waals surface area contributed by atoms with E-state index in [1.807, 2.05) is 6.20 Å². The Labute approximate surface area is 268 Å². The van der Waals surface area contributed by atoms with Gasteiger partial charge < -0.3 is 0 Å². The number of hydrogen-bond acceptors (Lipinski definition) is 1. The fourth-order valence-electron chi connectivity index (χ4n) is 7.39. The summed E-state index contributed by atoms with van der Waals surface area (Å²) >= 11 is 0. The first-order chi connectivity index (χ1) is 22.9. The molecule has 0 saturated carbocycles. The molecule has 0 N–H and O–H groups in total. The molecule has 9 rings (SSSR count). The third kappa shape index (κ3) is 4.13. The molecule has 0 aliphatic carbocycles. The predicted octanol–water partition coefficient (Wildman–Crippen LogP) is 12.4. The van der Waals surface area contributed by atoms with Crippen molar-refractivity contribution in [3.8, 4) is 44.5 Å². The molecule has 0 bridgehead atoms. The molecule has 0 unspecified atom stereocenters. The third-order valence-electron chi connectivity index (χ3n) is 9.28. The highest BCUT2D eigenvalue weighted by atomic mass is 14.7. The summed E-state index contributed by atoms with van der Waals surface area (Å²) in [6, 6.07) is 61.3. The van der Waals surface area contributed by atoms with Crippen molar-refractivity contribution < 1.29 is 0 Å². The molecule has 0 aliphatic rings. The zero-order valence-corrected chi connectivity index (χ0v) is 25.2. The zero-order valence-electron chi connectivity index (χ0n) is 25.2. The lowest BCUT2D eigenvalue weighted by Crippen LogP contribution is -1.93. The second-order valence-corrected chi connectivity index (χ2v) is 11.8. The van der Waals surface area contributed by atoms with Crippen LogP contribution < -0.4 is 0 Å². The minimum absolute atomic E-state index is 1.02. The van der Waals surface area contributed by atoms with Crippen LogP contribution in [0.25, 0.3) is 87.7 Å². The molecule has 1 heteroatoms. The molecule has 8 aromatic carbocycles. The normalized spacial score (nSPS) is 11.5. The average Bonchev–Trinajstić information content (AvgIpc) is 3.13. The summed E-state index contributed by atoms with van der Waals surface area (Å²) in [5, 5.41) is 8.64. The Morgan fingerprint density at radius 2 is 0.609 bits per heavy atom. The van der Waals surface area contributed by atoms with Crippen LogP contribution in [0, 0.1) is 0 Å². The molecule has 46 heavy (non-hydrogen) atoms. The van der Waals surface area contributed by atoms with Crippen LogP contribution >= 0.6 is 0 Å². The van der Waals surface area contributed by atoms with E-state index in [0.717, 1.165) is 10.9 Å². The molecular weight excluding hydrogens is 555 g/mol. The molecule has 0 atom stereocenters. The molecule has 0 fully saturated rings. The van der Waals surface area contributed by atoms with E-state index in [1.54, 1.807) is 0 Å². The smallest absolute Gasteiger partial charge is 0.0792 e. The summed E-state index contributed by atoms with van der Waals surface area (Å²) in [6.07, 6.45) is 1.91. The number of pyridine rings is 1. The number of aromatic nitrogens is 1. The third-order valence-corrected chi connectivity index (χ3v) is 9.28. The summed E-state index contributed by atoms with van der Waals surface area (Å²) < 4.78 is 0. The average molecular weight is 584 g/mol. The standard InChI is InChI=1S/C45H29N/c1-3-15-30(16-4-1)41-34-21-7-9-23-36(34)42(37-24-10-8-22-35(37)41)32-19-13-20-33(29-32)43-38-25-11-12-26-39(38)44(31-17-5-2-6-18-31)45-40(43)27-14-28-46-45/h1-29H. The van der Waals surface area contributed by atoms with Gasteiger partial charge in [0.1, 0.15) is 0 Å². The van der Waals surface area contributed by atoms with Gasteiger partial charge in [0, 0.05) is 17.1 Å². The topological polar surface area (TPSA) is 12.9 Å². The van der Waals surface area contributed by atoms with Gasteiger partial charge in [-0.25, -0.2) is 0 Å². The van der Waals surface area contributed by atoms with Crippen molar-refractivity contribution in [2.75, 3.05) is 0 Å².